The van der Waals surface area contributed by atoms with E-state index in [0.717, 1.165) is 33.7 Å². The van der Waals surface area contributed by atoms with E-state index in [1.54, 1.807) is 19.5 Å². The Kier molecular flexibility index (Phi) is 2.89. The zero-order chi connectivity index (χ0) is 13.2. The topological polar surface area (TPSA) is 76.8 Å². The van der Waals surface area contributed by atoms with Crippen molar-refractivity contribution in [3.63, 3.8) is 0 Å². The molecule has 19 heavy (non-hydrogen) atoms. The second-order valence-electron chi connectivity index (χ2n) is 4.20. The van der Waals surface area contributed by atoms with Crippen LogP contribution >= 0.6 is 0 Å². The van der Waals surface area contributed by atoms with Crippen LogP contribution in [-0.4, -0.2) is 22.1 Å². The number of methoxy groups -OCH3 is 1. The van der Waals surface area contributed by atoms with Crippen molar-refractivity contribution in [2.24, 2.45) is 5.73 Å². The number of hydrogen-bond acceptors (Lipinski definition) is 4. The summed E-state index contributed by atoms with van der Waals surface area (Å²) < 4.78 is 5.35. The quantitative estimate of drug-likeness (QED) is 0.750. The van der Waals surface area contributed by atoms with Gasteiger partial charge in [0.25, 0.3) is 0 Å². The van der Waals surface area contributed by atoms with Crippen molar-refractivity contribution >= 4 is 10.9 Å². The fourth-order valence-corrected chi connectivity index (χ4v) is 2.08. The Hall–Kier alpha value is -2.40. The molecule has 0 bridgehead atoms. The molecule has 3 N–H and O–H groups in total. The number of nitrogens with one attached hydrogen (secondary N) is 1. The summed E-state index contributed by atoms with van der Waals surface area (Å²) in [5.41, 5.74) is 9.04. The molecule has 2 aromatic heterocycles. The Balaban J connectivity index is 2.15. The van der Waals surface area contributed by atoms with Gasteiger partial charge in [-0.05, 0) is 18.2 Å². The molecule has 3 rings (SSSR count). The lowest BCUT2D eigenvalue weighted by atomic mass is 10.2. The van der Waals surface area contributed by atoms with Crippen molar-refractivity contribution in [3.8, 4) is 17.1 Å². The molecule has 0 radical (unpaired) electrons. The Morgan fingerprint density at radius 2 is 2.21 bits per heavy atom. The van der Waals surface area contributed by atoms with Crippen LogP contribution < -0.4 is 10.5 Å². The molecule has 5 heteroatoms. The summed E-state index contributed by atoms with van der Waals surface area (Å²) in [4.78, 5) is 11.9. The van der Waals surface area contributed by atoms with E-state index in [9.17, 15) is 0 Å². The van der Waals surface area contributed by atoms with E-state index in [1.807, 2.05) is 24.3 Å². The van der Waals surface area contributed by atoms with Crippen LogP contribution in [0.5, 0.6) is 5.75 Å². The molecule has 0 saturated heterocycles. The highest BCUT2D eigenvalue weighted by Crippen LogP contribution is 2.29. The summed E-state index contributed by atoms with van der Waals surface area (Å²) in [6.07, 6.45) is 3.39. The molecule has 0 aliphatic rings. The predicted molar refractivity (Wildman–Crippen MR) is 73.8 cm³/mol. The van der Waals surface area contributed by atoms with E-state index in [2.05, 4.69) is 15.0 Å². The van der Waals surface area contributed by atoms with E-state index in [4.69, 9.17) is 10.5 Å². The van der Waals surface area contributed by atoms with Gasteiger partial charge in [-0.1, -0.05) is 6.07 Å². The fourth-order valence-electron chi connectivity index (χ4n) is 2.08. The van der Waals surface area contributed by atoms with Crippen LogP contribution in [0.3, 0.4) is 0 Å². The number of hydrogen-bond donors (Lipinski definition) is 2. The van der Waals surface area contributed by atoms with E-state index in [-0.39, 0.29) is 0 Å². The molecule has 5 nitrogen and oxygen atoms in total. The maximum Gasteiger partial charge on any atom is 0.128 e. The van der Waals surface area contributed by atoms with Crippen LogP contribution in [0.25, 0.3) is 22.3 Å². The van der Waals surface area contributed by atoms with Gasteiger partial charge < -0.3 is 15.5 Å². The SMILES string of the molecule is COc1cccc2[nH]c(-c3cncc(CN)n3)cc12. The number of nitrogens with zero attached hydrogens (tertiary/aromatic N) is 2. The first-order chi connectivity index (χ1) is 9.31. The Morgan fingerprint density at radius 1 is 1.32 bits per heavy atom. The summed E-state index contributed by atoms with van der Waals surface area (Å²) in [5.74, 6) is 0.836. The normalized spacial score (nSPS) is 10.8. The number of aromatic amines is 1. The van der Waals surface area contributed by atoms with Crippen molar-refractivity contribution in [2.75, 3.05) is 7.11 Å². The molecule has 0 amide bonds. The van der Waals surface area contributed by atoms with Gasteiger partial charge in [-0.15, -0.1) is 0 Å². The van der Waals surface area contributed by atoms with Gasteiger partial charge in [-0.3, -0.25) is 4.98 Å². The molecule has 0 aliphatic carbocycles. The van der Waals surface area contributed by atoms with Gasteiger partial charge in [0, 0.05) is 23.6 Å². The molecule has 0 unspecified atom stereocenters. The first-order valence-corrected chi connectivity index (χ1v) is 5.99. The van der Waals surface area contributed by atoms with Gasteiger partial charge in [0.2, 0.25) is 0 Å². The highest BCUT2D eigenvalue weighted by Gasteiger charge is 2.08. The number of H-pyrrole nitrogens is 1. The van der Waals surface area contributed by atoms with E-state index in [1.165, 1.54) is 0 Å². The number of fused-ring (bicyclic) bond motifs is 1. The minimum Gasteiger partial charge on any atom is -0.496 e. The van der Waals surface area contributed by atoms with Crippen LogP contribution in [0.4, 0.5) is 0 Å². The molecular weight excluding hydrogens is 240 g/mol. The number of benzene rings is 1. The van der Waals surface area contributed by atoms with Crippen LogP contribution in [0.1, 0.15) is 5.69 Å². The average molecular weight is 254 g/mol. The molecule has 0 spiro atoms. The first-order valence-electron chi connectivity index (χ1n) is 5.99. The minimum atomic E-state index is 0.379. The van der Waals surface area contributed by atoms with Gasteiger partial charge in [-0.2, -0.15) is 0 Å². The molecular formula is C14H14N4O. The third kappa shape index (κ3) is 2.04. The summed E-state index contributed by atoms with van der Waals surface area (Å²) in [6, 6.07) is 7.89. The number of rotatable bonds is 3. The van der Waals surface area contributed by atoms with Gasteiger partial charge in [0.05, 0.1) is 24.7 Å². The molecule has 96 valence electrons. The van der Waals surface area contributed by atoms with Crippen LogP contribution in [0.2, 0.25) is 0 Å². The molecule has 0 saturated carbocycles. The Labute approximate surface area is 110 Å². The Morgan fingerprint density at radius 3 is 3.00 bits per heavy atom. The monoisotopic (exact) mass is 254 g/mol. The first kappa shape index (κ1) is 11.7. The highest BCUT2D eigenvalue weighted by atomic mass is 16.5. The lowest BCUT2D eigenvalue weighted by Crippen LogP contribution is -2.01. The van der Waals surface area contributed by atoms with Crippen molar-refractivity contribution < 1.29 is 4.74 Å². The summed E-state index contributed by atoms with van der Waals surface area (Å²) in [6.45, 7) is 0.379. The maximum atomic E-state index is 5.58. The van der Waals surface area contributed by atoms with Gasteiger partial charge in [0.1, 0.15) is 11.4 Å². The van der Waals surface area contributed by atoms with E-state index in [0.29, 0.717) is 6.54 Å². The lowest BCUT2D eigenvalue weighted by Gasteiger charge is -1.99. The van der Waals surface area contributed by atoms with Crippen molar-refractivity contribution in [1.82, 2.24) is 15.0 Å². The lowest BCUT2D eigenvalue weighted by molar-refractivity contribution is 0.420. The average Bonchev–Trinajstić information content (AvgIpc) is 2.91. The zero-order valence-electron chi connectivity index (χ0n) is 10.6. The second-order valence-corrected chi connectivity index (χ2v) is 4.20. The molecule has 0 aliphatic heterocycles. The largest absolute Gasteiger partial charge is 0.496 e. The summed E-state index contributed by atoms with van der Waals surface area (Å²) in [7, 11) is 1.66. The van der Waals surface area contributed by atoms with Gasteiger partial charge >= 0.3 is 0 Å². The molecule has 0 fully saturated rings. The number of ether oxygens (including phenoxy) is 1. The van der Waals surface area contributed by atoms with Crippen LogP contribution in [-0.2, 0) is 6.54 Å². The number of nitrogens with two attached hydrogens (primary N) is 1. The highest BCUT2D eigenvalue weighted by molar-refractivity contribution is 5.90. The molecule has 0 atom stereocenters. The predicted octanol–water partition coefficient (Wildman–Crippen LogP) is 2.09. The van der Waals surface area contributed by atoms with Crippen molar-refractivity contribution in [1.29, 1.82) is 0 Å². The summed E-state index contributed by atoms with van der Waals surface area (Å²) >= 11 is 0. The van der Waals surface area contributed by atoms with E-state index >= 15 is 0 Å². The van der Waals surface area contributed by atoms with Crippen LogP contribution in [0, 0.1) is 0 Å². The maximum absolute atomic E-state index is 5.58. The summed E-state index contributed by atoms with van der Waals surface area (Å²) in [5, 5.41) is 1.03. The standard InChI is InChI=1S/C14H14N4O/c1-19-14-4-2-3-11-10(14)5-12(18-11)13-8-16-7-9(6-15)17-13/h2-5,7-8,18H,6,15H2,1H3. The van der Waals surface area contributed by atoms with Crippen molar-refractivity contribution in [3.05, 3.63) is 42.4 Å². The smallest absolute Gasteiger partial charge is 0.128 e. The fraction of sp³-hybridized carbons (Fsp3) is 0.143. The van der Waals surface area contributed by atoms with Gasteiger partial charge in [-0.25, -0.2) is 4.98 Å². The minimum absolute atomic E-state index is 0.379. The second kappa shape index (κ2) is 4.70. The van der Waals surface area contributed by atoms with Crippen LogP contribution in [0.15, 0.2) is 36.7 Å². The van der Waals surface area contributed by atoms with Crippen molar-refractivity contribution in [2.45, 2.75) is 6.54 Å². The molecule has 3 aromatic rings. The third-order valence-electron chi connectivity index (χ3n) is 3.01. The number of aromatic nitrogens is 3. The zero-order valence-corrected chi connectivity index (χ0v) is 10.6. The molecule has 1 aromatic carbocycles. The molecule has 2 heterocycles. The van der Waals surface area contributed by atoms with Gasteiger partial charge in [0.15, 0.2) is 0 Å². The Bertz CT molecular complexity index is 720. The third-order valence-corrected chi connectivity index (χ3v) is 3.01. The van der Waals surface area contributed by atoms with E-state index < -0.39 is 0 Å².